The molecule has 0 bridgehead atoms. The molecule has 0 spiro atoms. The quantitative estimate of drug-likeness (QED) is 0.909. The summed E-state index contributed by atoms with van der Waals surface area (Å²) in [5.74, 6) is 0.0222. The Morgan fingerprint density at radius 3 is 2.63 bits per heavy atom. The van der Waals surface area contributed by atoms with E-state index in [2.05, 4.69) is 22.3 Å². The molecule has 19 heavy (non-hydrogen) atoms. The van der Waals surface area contributed by atoms with Crippen LogP contribution in [0.2, 0.25) is 0 Å². The number of benzene rings is 1. The number of nitrogens with zero attached hydrogens (tertiary/aromatic N) is 1. The van der Waals surface area contributed by atoms with Crippen LogP contribution < -0.4 is 10.2 Å². The first kappa shape index (κ1) is 13.6. The summed E-state index contributed by atoms with van der Waals surface area (Å²) in [5, 5.41) is 4.90. The van der Waals surface area contributed by atoms with Gasteiger partial charge in [-0.3, -0.25) is 4.79 Å². The standard InChI is InChI=1S/C15H18N2OS/c1-12-8-11-19-14(12)15(18)16-9-10-17(2)13-6-4-3-5-7-13/h3-8,11H,9-10H2,1-2H3,(H,16,18). The molecule has 0 saturated heterocycles. The fraction of sp³-hybridized carbons (Fsp3) is 0.267. The van der Waals surface area contributed by atoms with Gasteiger partial charge in [-0.25, -0.2) is 0 Å². The summed E-state index contributed by atoms with van der Waals surface area (Å²) in [4.78, 5) is 14.9. The second-order valence-corrected chi connectivity index (χ2v) is 5.36. The molecule has 3 nitrogen and oxygen atoms in total. The summed E-state index contributed by atoms with van der Waals surface area (Å²) >= 11 is 1.49. The van der Waals surface area contributed by atoms with Crippen molar-refractivity contribution in [1.82, 2.24) is 5.32 Å². The first-order chi connectivity index (χ1) is 9.18. The predicted molar refractivity (Wildman–Crippen MR) is 81.1 cm³/mol. The van der Waals surface area contributed by atoms with E-state index in [-0.39, 0.29) is 5.91 Å². The Labute approximate surface area is 117 Å². The molecule has 1 aromatic heterocycles. The highest BCUT2D eigenvalue weighted by Crippen LogP contribution is 2.15. The van der Waals surface area contributed by atoms with Crippen LogP contribution in [0.5, 0.6) is 0 Å². The summed E-state index contributed by atoms with van der Waals surface area (Å²) in [5.41, 5.74) is 2.20. The van der Waals surface area contributed by atoms with Crippen molar-refractivity contribution in [2.24, 2.45) is 0 Å². The SMILES string of the molecule is Cc1ccsc1C(=O)NCCN(C)c1ccccc1. The zero-order chi connectivity index (χ0) is 13.7. The molecule has 0 unspecified atom stereocenters. The van der Waals surface area contributed by atoms with Gasteiger partial charge in [0.15, 0.2) is 0 Å². The third kappa shape index (κ3) is 3.58. The number of hydrogen-bond donors (Lipinski definition) is 1. The Bertz CT molecular complexity index is 536. The smallest absolute Gasteiger partial charge is 0.261 e. The molecule has 2 aromatic rings. The van der Waals surface area contributed by atoms with Gasteiger partial charge in [0, 0.05) is 25.8 Å². The fourth-order valence-electron chi connectivity index (χ4n) is 1.83. The molecular formula is C15H18N2OS. The number of rotatable bonds is 5. The molecule has 0 saturated carbocycles. The molecule has 1 aromatic carbocycles. The number of thiophene rings is 1. The van der Waals surface area contributed by atoms with Crippen LogP contribution in [0, 0.1) is 6.92 Å². The summed E-state index contributed by atoms with van der Waals surface area (Å²) in [6.07, 6.45) is 0. The molecule has 100 valence electrons. The molecule has 1 N–H and O–H groups in total. The normalized spacial score (nSPS) is 10.2. The maximum Gasteiger partial charge on any atom is 0.261 e. The molecule has 0 fully saturated rings. The van der Waals surface area contributed by atoms with Crippen LogP contribution in [-0.4, -0.2) is 26.0 Å². The number of carbonyl (C=O) groups excluding carboxylic acids is 1. The van der Waals surface area contributed by atoms with E-state index in [1.54, 1.807) is 0 Å². The summed E-state index contributed by atoms with van der Waals surface area (Å²) in [6.45, 7) is 3.39. The van der Waals surface area contributed by atoms with Crippen LogP contribution in [0.1, 0.15) is 15.2 Å². The van der Waals surface area contributed by atoms with Gasteiger partial charge in [0.1, 0.15) is 0 Å². The molecule has 2 rings (SSSR count). The lowest BCUT2D eigenvalue weighted by Gasteiger charge is -2.19. The molecular weight excluding hydrogens is 256 g/mol. The zero-order valence-corrected chi connectivity index (χ0v) is 12.0. The minimum atomic E-state index is 0.0222. The molecule has 0 aliphatic heterocycles. The topological polar surface area (TPSA) is 32.3 Å². The molecule has 1 heterocycles. The fourth-order valence-corrected chi connectivity index (χ4v) is 2.68. The van der Waals surface area contributed by atoms with Crippen molar-refractivity contribution in [2.75, 3.05) is 25.0 Å². The van der Waals surface area contributed by atoms with Crippen LogP contribution in [0.4, 0.5) is 5.69 Å². The van der Waals surface area contributed by atoms with E-state index in [0.717, 1.165) is 22.7 Å². The number of para-hydroxylation sites is 1. The van der Waals surface area contributed by atoms with Gasteiger partial charge in [-0.2, -0.15) is 0 Å². The lowest BCUT2D eigenvalue weighted by molar-refractivity contribution is 0.0958. The van der Waals surface area contributed by atoms with Crippen molar-refractivity contribution < 1.29 is 4.79 Å². The van der Waals surface area contributed by atoms with Crippen molar-refractivity contribution in [2.45, 2.75) is 6.92 Å². The van der Waals surface area contributed by atoms with Gasteiger partial charge in [-0.15, -0.1) is 11.3 Å². The molecule has 1 amide bonds. The molecule has 0 aliphatic carbocycles. The second kappa shape index (κ2) is 6.38. The van der Waals surface area contributed by atoms with Gasteiger partial charge in [-0.05, 0) is 36.1 Å². The average molecular weight is 274 g/mol. The minimum Gasteiger partial charge on any atom is -0.373 e. The third-order valence-electron chi connectivity index (χ3n) is 3.00. The number of carbonyl (C=O) groups is 1. The summed E-state index contributed by atoms with van der Waals surface area (Å²) < 4.78 is 0. The highest BCUT2D eigenvalue weighted by atomic mass is 32.1. The van der Waals surface area contributed by atoms with Crippen LogP contribution in [0.25, 0.3) is 0 Å². The van der Waals surface area contributed by atoms with Gasteiger partial charge >= 0.3 is 0 Å². The lowest BCUT2D eigenvalue weighted by atomic mass is 10.3. The maximum absolute atomic E-state index is 11.9. The average Bonchev–Trinajstić information content (AvgIpc) is 2.86. The Kier molecular flexibility index (Phi) is 4.58. The lowest BCUT2D eigenvalue weighted by Crippen LogP contribution is -2.32. The number of hydrogen-bond acceptors (Lipinski definition) is 3. The van der Waals surface area contributed by atoms with E-state index in [9.17, 15) is 4.79 Å². The first-order valence-corrected chi connectivity index (χ1v) is 7.15. The van der Waals surface area contributed by atoms with Gasteiger partial charge in [0.2, 0.25) is 0 Å². The van der Waals surface area contributed by atoms with E-state index < -0.39 is 0 Å². The highest BCUT2D eigenvalue weighted by molar-refractivity contribution is 7.12. The largest absolute Gasteiger partial charge is 0.373 e. The number of aryl methyl sites for hydroxylation is 1. The summed E-state index contributed by atoms with van der Waals surface area (Å²) in [6, 6.07) is 12.1. The van der Waals surface area contributed by atoms with E-state index in [1.807, 2.05) is 43.6 Å². The third-order valence-corrected chi connectivity index (χ3v) is 4.01. The van der Waals surface area contributed by atoms with Crippen molar-refractivity contribution in [1.29, 1.82) is 0 Å². The van der Waals surface area contributed by atoms with Crippen LogP contribution in [0.15, 0.2) is 41.8 Å². The van der Waals surface area contributed by atoms with Crippen molar-refractivity contribution >= 4 is 22.9 Å². The molecule has 0 radical (unpaired) electrons. The minimum absolute atomic E-state index is 0.0222. The zero-order valence-electron chi connectivity index (χ0n) is 11.2. The number of likely N-dealkylation sites (N-methyl/N-ethyl adjacent to an activating group) is 1. The van der Waals surface area contributed by atoms with Crippen LogP contribution >= 0.6 is 11.3 Å². The Hall–Kier alpha value is -1.81. The van der Waals surface area contributed by atoms with E-state index in [1.165, 1.54) is 11.3 Å². The molecule has 0 aliphatic rings. The van der Waals surface area contributed by atoms with Crippen LogP contribution in [-0.2, 0) is 0 Å². The Morgan fingerprint density at radius 1 is 1.26 bits per heavy atom. The van der Waals surface area contributed by atoms with E-state index in [0.29, 0.717) is 6.54 Å². The van der Waals surface area contributed by atoms with Crippen LogP contribution in [0.3, 0.4) is 0 Å². The number of nitrogens with one attached hydrogen (secondary N) is 1. The van der Waals surface area contributed by atoms with E-state index >= 15 is 0 Å². The Morgan fingerprint density at radius 2 is 2.00 bits per heavy atom. The highest BCUT2D eigenvalue weighted by Gasteiger charge is 2.09. The van der Waals surface area contributed by atoms with Crippen molar-refractivity contribution in [3.63, 3.8) is 0 Å². The van der Waals surface area contributed by atoms with Crippen molar-refractivity contribution in [3.8, 4) is 0 Å². The van der Waals surface area contributed by atoms with Gasteiger partial charge in [-0.1, -0.05) is 18.2 Å². The van der Waals surface area contributed by atoms with Gasteiger partial charge in [0.25, 0.3) is 5.91 Å². The molecule has 4 heteroatoms. The Balaban J connectivity index is 1.81. The molecule has 0 atom stereocenters. The maximum atomic E-state index is 11.9. The van der Waals surface area contributed by atoms with Crippen molar-refractivity contribution in [3.05, 3.63) is 52.2 Å². The van der Waals surface area contributed by atoms with Gasteiger partial charge in [0.05, 0.1) is 4.88 Å². The second-order valence-electron chi connectivity index (χ2n) is 4.45. The first-order valence-electron chi connectivity index (χ1n) is 6.27. The summed E-state index contributed by atoms with van der Waals surface area (Å²) in [7, 11) is 2.03. The van der Waals surface area contributed by atoms with E-state index in [4.69, 9.17) is 0 Å². The monoisotopic (exact) mass is 274 g/mol. The number of amides is 1. The predicted octanol–water partition coefficient (Wildman–Crippen LogP) is 2.92. The van der Waals surface area contributed by atoms with Gasteiger partial charge < -0.3 is 10.2 Å². The number of anilines is 1.